The molecule has 2 aliphatic rings. The average molecular weight is 444 g/mol. The molecule has 0 radical (unpaired) electrons. The highest BCUT2D eigenvalue weighted by Gasteiger charge is 2.38. The minimum absolute atomic E-state index is 0.0659. The topological polar surface area (TPSA) is 89.8 Å². The van der Waals surface area contributed by atoms with Gasteiger partial charge in [-0.1, -0.05) is 59.8 Å². The first-order valence-corrected chi connectivity index (χ1v) is 11.1. The smallest absolute Gasteiger partial charge is 0.172 e. The van der Waals surface area contributed by atoms with Gasteiger partial charge in [-0.05, 0) is 44.4 Å². The third-order valence-corrected chi connectivity index (χ3v) is 5.36. The zero-order valence-electron chi connectivity index (χ0n) is 21.0. The molecule has 0 saturated heterocycles. The van der Waals surface area contributed by atoms with Crippen molar-refractivity contribution in [2.75, 3.05) is 0 Å². The van der Waals surface area contributed by atoms with Crippen molar-refractivity contribution < 1.29 is 9.47 Å². The molecule has 5 nitrogen and oxygen atoms in total. The van der Waals surface area contributed by atoms with Crippen LogP contribution in [-0.2, 0) is 9.47 Å². The Bertz CT molecular complexity index is 1070. The van der Waals surface area contributed by atoms with Gasteiger partial charge in [0.15, 0.2) is 11.3 Å². The van der Waals surface area contributed by atoms with Crippen LogP contribution in [0.15, 0.2) is 70.0 Å². The molecule has 0 unspecified atom stereocenters. The normalized spacial score (nSPS) is 18.0. The first kappa shape index (κ1) is 25.8. The van der Waals surface area contributed by atoms with E-state index in [-0.39, 0.29) is 27.7 Å². The fourth-order valence-electron chi connectivity index (χ4n) is 3.41. The summed E-state index contributed by atoms with van der Waals surface area (Å²) < 4.78 is 12.0. The molecule has 2 heterocycles. The summed E-state index contributed by atoms with van der Waals surface area (Å²) in [6, 6.07) is 5.73. The molecule has 0 spiro atoms. The fourth-order valence-corrected chi connectivity index (χ4v) is 3.41. The van der Waals surface area contributed by atoms with Crippen molar-refractivity contribution in [1.29, 1.82) is 15.8 Å². The lowest BCUT2D eigenvalue weighted by atomic mass is 9.87. The Morgan fingerprint density at radius 3 is 1.94 bits per heavy atom. The summed E-state index contributed by atoms with van der Waals surface area (Å²) >= 11 is 0. The summed E-state index contributed by atoms with van der Waals surface area (Å²) in [5.74, 6) is 1.97. The van der Waals surface area contributed by atoms with Gasteiger partial charge in [0.05, 0.1) is 0 Å². The van der Waals surface area contributed by atoms with E-state index in [1.807, 2.05) is 38.1 Å². The van der Waals surface area contributed by atoms with E-state index in [0.29, 0.717) is 5.57 Å². The standard InChI is InChI=1S/C28H33N3O2/c1-26(2,3)23-14-19(15-24(32-23)27(4,5)6)12-10-9-11-13-22-21(18-31)25(20(16-29)17-30)33-28(22,7)8/h11-15H,9-10H2,1-8H3/b13-11+. The molecule has 0 aromatic rings. The van der Waals surface area contributed by atoms with Crippen molar-refractivity contribution >= 4 is 0 Å². The zero-order chi connectivity index (χ0) is 25.0. The fraction of sp³-hybridized carbons (Fsp3) is 0.464. The molecule has 0 aromatic carbocycles. The second-order valence-corrected chi connectivity index (χ2v) is 10.7. The number of hydrogen-bond acceptors (Lipinski definition) is 5. The molecule has 2 aliphatic heterocycles. The van der Waals surface area contributed by atoms with Crippen LogP contribution in [0.1, 0.15) is 68.2 Å². The Morgan fingerprint density at radius 1 is 0.939 bits per heavy atom. The summed E-state index contributed by atoms with van der Waals surface area (Å²) in [5.41, 5.74) is 0.895. The van der Waals surface area contributed by atoms with E-state index in [2.05, 4.69) is 65.8 Å². The maximum absolute atomic E-state index is 9.62. The maximum Gasteiger partial charge on any atom is 0.172 e. The molecule has 0 aromatic heterocycles. The van der Waals surface area contributed by atoms with Gasteiger partial charge >= 0.3 is 0 Å². The minimum Gasteiger partial charge on any atom is -0.480 e. The molecular formula is C28H33N3O2. The Labute approximate surface area is 198 Å². The average Bonchev–Trinajstić information content (AvgIpc) is 2.97. The molecule has 0 amide bonds. The number of allylic oxidation sites excluding steroid dienone is 9. The molecular weight excluding hydrogens is 410 g/mol. The lowest BCUT2D eigenvalue weighted by molar-refractivity contribution is 0.0953. The Balaban J connectivity index is 2.26. The van der Waals surface area contributed by atoms with Crippen LogP contribution in [0, 0.1) is 44.8 Å². The van der Waals surface area contributed by atoms with Gasteiger partial charge in [-0.2, -0.15) is 15.8 Å². The highest BCUT2D eigenvalue weighted by molar-refractivity contribution is 5.60. The molecule has 0 bridgehead atoms. The van der Waals surface area contributed by atoms with Crippen LogP contribution in [0.25, 0.3) is 0 Å². The van der Waals surface area contributed by atoms with Crippen molar-refractivity contribution in [2.24, 2.45) is 10.8 Å². The number of nitrogens with zero attached hydrogens (tertiary/aromatic N) is 3. The Morgan fingerprint density at radius 2 is 1.48 bits per heavy atom. The lowest BCUT2D eigenvalue weighted by Crippen LogP contribution is -2.21. The molecule has 0 fully saturated rings. The quantitative estimate of drug-likeness (QED) is 0.342. The van der Waals surface area contributed by atoms with Gasteiger partial charge < -0.3 is 9.47 Å². The van der Waals surface area contributed by atoms with E-state index < -0.39 is 5.60 Å². The van der Waals surface area contributed by atoms with Gasteiger partial charge in [-0.25, -0.2) is 0 Å². The molecule has 0 atom stereocenters. The van der Waals surface area contributed by atoms with Crippen molar-refractivity contribution in [2.45, 2.75) is 73.8 Å². The minimum atomic E-state index is -0.788. The molecule has 172 valence electrons. The van der Waals surface area contributed by atoms with E-state index in [9.17, 15) is 15.8 Å². The Kier molecular flexibility index (Phi) is 7.46. The molecule has 0 aliphatic carbocycles. The van der Waals surface area contributed by atoms with Gasteiger partial charge in [0, 0.05) is 16.4 Å². The van der Waals surface area contributed by atoms with Crippen LogP contribution >= 0.6 is 0 Å². The monoisotopic (exact) mass is 443 g/mol. The largest absolute Gasteiger partial charge is 0.480 e. The lowest BCUT2D eigenvalue weighted by Gasteiger charge is -2.32. The van der Waals surface area contributed by atoms with E-state index in [1.54, 1.807) is 0 Å². The van der Waals surface area contributed by atoms with Crippen molar-refractivity contribution in [3.63, 3.8) is 0 Å². The molecule has 2 rings (SSSR count). The second kappa shape index (κ2) is 9.56. The first-order valence-electron chi connectivity index (χ1n) is 11.1. The summed E-state index contributed by atoms with van der Waals surface area (Å²) in [5, 5.41) is 28.0. The summed E-state index contributed by atoms with van der Waals surface area (Å²) in [7, 11) is 0. The van der Waals surface area contributed by atoms with E-state index in [1.165, 1.54) is 0 Å². The van der Waals surface area contributed by atoms with Crippen LogP contribution in [-0.4, -0.2) is 5.60 Å². The van der Waals surface area contributed by atoms with Gasteiger partial charge in [0.25, 0.3) is 0 Å². The van der Waals surface area contributed by atoms with Gasteiger partial charge in [0.2, 0.25) is 0 Å². The predicted octanol–water partition coefficient (Wildman–Crippen LogP) is 7.07. The summed E-state index contributed by atoms with van der Waals surface area (Å²) in [4.78, 5) is 0. The van der Waals surface area contributed by atoms with Crippen molar-refractivity contribution in [1.82, 2.24) is 0 Å². The number of nitriles is 3. The SMILES string of the molecule is CC(C)(C)C1=CC(=CCC/C=C/C2=C(C#N)C(=C(C#N)C#N)OC2(C)C)C=C(C(C)(C)C)O1. The molecule has 0 N–H and O–H groups in total. The number of rotatable bonds is 4. The van der Waals surface area contributed by atoms with Crippen LogP contribution in [0.5, 0.6) is 0 Å². The number of ether oxygens (including phenoxy) is 2. The van der Waals surface area contributed by atoms with E-state index in [0.717, 1.165) is 29.9 Å². The van der Waals surface area contributed by atoms with Gasteiger partial charge in [-0.15, -0.1) is 0 Å². The summed E-state index contributed by atoms with van der Waals surface area (Å²) in [6.07, 6.45) is 11.8. The number of hydrogen-bond donors (Lipinski definition) is 0. The van der Waals surface area contributed by atoms with Gasteiger partial charge in [-0.3, -0.25) is 0 Å². The van der Waals surface area contributed by atoms with Crippen LogP contribution in [0.4, 0.5) is 0 Å². The summed E-state index contributed by atoms with van der Waals surface area (Å²) in [6.45, 7) is 16.5. The third kappa shape index (κ3) is 6.06. The zero-order valence-corrected chi connectivity index (χ0v) is 21.0. The van der Waals surface area contributed by atoms with E-state index in [4.69, 9.17) is 9.47 Å². The highest BCUT2D eigenvalue weighted by Crippen LogP contribution is 2.41. The van der Waals surface area contributed by atoms with Crippen LogP contribution in [0.2, 0.25) is 0 Å². The Hall–Kier alpha value is -3.49. The van der Waals surface area contributed by atoms with Gasteiger partial charge in [0.1, 0.15) is 40.9 Å². The molecule has 0 saturated carbocycles. The molecule has 33 heavy (non-hydrogen) atoms. The third-order valence-electron chi connectivity index (χ3n) is 5.36. The highest BCUT2D eigenvalue weighted by atomic mass is 16.5. The van der Waals surface area contributed by atoms with Crippen molar-refractivity contribution in [3.05, 3.63) is 70.0 Å². The second-order valence-electron chi connectivity index (χ2n) is 10.7. The van der Waals surface area contributed by atoms with Crippen molar-refractivity contribution in [3.8, 4) is 18.2 Å². The van der Waals surface area contributed by atoms with Crippen LogP contribution < -0.4 is 0 Å². The predicted molar refractivity (Wildman–Crippen MR) is 129 cm³/mol. The first-order chi connectivity index (χ1) is 15.2. The molecule has 5 heteroatoms. The number of unbranched alkanes of at least 4 members (excludes halogenated alkanes) is 1. The maximum atomic E-state index is 9.62. The van der Waals surface area contributed by atoms with Crippen LogP contribution in [0.3, 0.4) is 0 Å². The van der Waals surface area contributed by atoms with E-state index >= 15 is 0 Å².